The van der Waals surface area contributed by atoms with Crippen LogP contribution < -0.4 is 0 Å². The molecule has 0 aliphatic heterocycles. The van der Waals surface area contributed by atoms with E-state index in [2.05, 4.69) is 115 Å². The maximum atomic E-state index is 2.94. The Kier molecular flexibility index (Phi) is 2.82. The van der Waals surface area contributed by atoms with Gasteiger partial charge in [-0.15, -0.1) is 0 Å². The Labute approximate surface area is 185 Å². The zero-order valence-corrected chi connectivity index (χ0v) is 17.8. The predicted octanol–water partition coefficient (Wildman–Crippen LogP) is 7.03. The number of nitrogens with zero attached hydrogens (tertiary/aromatic N) is 2. The van der Waals surface area contributed by atoms with Crippen molar-refractivity contribution in [3.8, 4) is 0 Å². The molecule has 5 aromatic carbocycles. The van der Waals surface area contributed by atoms with Crippen LogP contribution in [0.1, 0.15) is 0 Å². The lowest BCUT2D eigenvalue weighted by molar-refractivity contribution is 1.37. The van der Waals surface area contributed by atoms with Gasteiger partial charge in [-0.3, -0.25) is 0 Å². The Hall–Kier alpha value is -3.51. The lowest BCUT2D eigenvalue weighted by Gasteiger charge is -2.04. The summed E-state index contributed by atoms with van der Waals surface area (Å²) in [7, 11) is 0. The first kappa shape index (κ1) is 16.2. The van der Waals surface area contributed by atoms with E-state index in [1.165, 1.54) is 70.7 Å². The molecular weight excluding hydrogens is 391 g/mol. The molecule has 0 saturated heterocycles. The third-order valence-corrected chi connectivity index (χ3v) is 7.58. The molecular formula is C28H15AlN2. The summed E-state index contributed by atoms with van der Waals surface area (Å²) >= 11 is 2.94. The van der Waals surface area contributed by atoms with Gasteiger partial charge >= 0.3 is 16.5 Å². The summed E-state index contributed by atoms with van der Waals surface area (Å²) in [6.45, 7) is 0. The van der Waals surface area contributed by atoms with Gasteiger partial charge in [0.2, 0.25) is 0 Å². The zero-order valence-electron chi connectivity index (χ0n) is 16.6. The van der Waals surface area contributed by atoms with E-state index < -0.39 is 0 Å². The molecule has 0 unspecified atom stereocenters. The predicted molar refractivity (Wildman–Crippen MR) is 133 cm³/mol. The van der Waals surface area contributed by atoms with E-state index in [4.69, 9.17) is 0 Å². The average Bonchev–Trinajstić information content (AvgIpc) is 3.44. The molecule has 0 aliphatic rings. The Morgan fingerprint density at radius 1 is 0.484 bits per heavy atom. The van der Waals surface area contributed by atoms with E-state index in [0.717, 1.165) is 0 Å². The van der Waals surface area contributed by atoms with E-state index in [1.54, 1.807) is 0 Å². The molecule has 0 fully saturated rings. The van der Waals surface area contributed by atoms with Crippen molar-refractivity contribution in [2.75, 3.05) is 0 Å². The second-order valence-corrected chi connectivity index (χ2v) is 8.98. The maximum absolute atomic E-state index is 2.94. The van der Waals surface area contributed by atoms with Gasteiger partial charge in [0, 0.05) is 43.4 Å². The highest BCUT2D eigenvalue weighted by Gasteiger charge is 2.23. The zero-order chi connectivity index (χ0) is 20.3. The first-order valence-corrected chi connectivity index (χ1v) is 11.1. The van der Waals surface area contributed by atoms with Crippen LogP contribution in [0.3, 0.4) is 0 Å². The molecule has 3 heteroatoms. The fraction of sp³-hybridized carbons (Fsp3) is 0. The number of rotatable bonds is 0. The van der Waals surface area contributed by atoms with Gasteiger partial charge in [0.05, 0.1) is 16.6 Å². The quantitative estimate of drug-likeness (QED) is 0.239. The van der Waals surface area contributed by atoms with Gasteiger partial charge < -0.3 is 7.95 Å². The number of benzene rings is 5. The fourth-order valence-electron chi connectivity index (χ4n) is 5.81. The molecule has 0 aliphatic carbocycles. The Morgan fingerprint density at radius 3 is 2.00 bits per heavy atom. The standard InChI is InChI=1S/C28H15N2.Al/c1-2-8-17-16(7-1)13-14-24-25(17)20-15-22-26(18-9-3-5-11-21(18)29-22)27-19-10-4-6-12-23(19)30(24)28(20)27;/h1-15H;/q-1;+1. The minimum atomic E-state index is 1.25. The maximum Gasteiger partial charge on any atom is 0.318 e. The van der Waals surface area contributed by atoms with Crippen LogP contribution in [0.2, 0.25) is 0 Å². The van der Waals surface area contributed by atoms with Crippen LogP contribution in [0.5, 0.6) is 0 Å². The van der Waals surface area contributed by atoms with Crippen molar-refractivity contribution in [2.45, 2.75) is 0 Å². The highest BCUT2D eigenvalue weighted by atomic mass is 27.1. The number of hydrogen-bond acceptors (Lipinski definition) is 0. The van der Waals surface area contributed by atoms with Gasteiger partial charge in [0.1, 0.15) is 0 Å². The number of fused-ring (bicyclic) bond motifs is 12. The van der Waals surface area contributed by atoms with Gasteiger partial charge in [-0.25, -0.2) is 0 Å². The summed E-state index contributed by atoms with van der Waals surface area (Å²) in [4.78, 5) is 0. The number of hydrogen-bond donors (Lipinski definition) is 0. The van der Waals surface area contributed by atoms with E-state index in [0.29, 0.717) is 0 Å². The normalized spacial score (nSPS) is 12.6. The SMILES string of the molecule is [Al][n]1c2ccccc2c2c3c4ccccc4n4c5ccc6ccccc6c5c(cc21)c34. The third-order valence-electron chi connectivity index (χ3n) is 7.03. The van der Waals surface area contributed by atoms with Crippen molar-refractivity contribution < 1.29 is 0 Å². The summed E-state index contributed by atoms with van der Waals surface area (Å²) in [6.07, 6.45) is 0. The average molecular weight is 406 g/mol. The van der Waals surface area contributed by atoms with Crippen LogP contribution in [-0.4, -0.2) is 24.5 Å². The molecule has 140 valence electrons. The molecule has 0 amide bonds. The molecule has 3 aromatic heterocycles. The Morgan fingerprint density at radius 2 is 1.16 bits per heavy atom. The second-order valence-electron chi connectivity index (χ2n) is 8.46. The molecule has 0 saturated carbocycles. The Balaban J connectivity index is 1.83. The molecule has 0 bridgehead atoms. The molecule has 3 heterocycles. The summed E-state index contributed by atoms with van der Waals surface area (Å²) in [5, 5.41) is 10.6. The van der Waals surface area contributed by atoms with Gasteiger partial charge in [0.15, 0.2) is 0 Å². The topological polar surface area (TPSA) is 9.34 Å². The summed E-state index contributed by atoms with van der Waals surface area (Å²) < 4.78 is 4.76. The van der Waals surface area contributed by atoms with E-state index in [9.17, 15) is 0 Å². The molecule has 0 spiro atoms. The van der Waals surface area contributed by atoms with Gasteiger partial charge in [-0.1, -0.05) is 66.7 Å². The van der Waals surface area contributed by atoms with Crippen molar-refractivity contribution in [1.29, 1.82) is 0 Å². The highest BCUT2D eigenvalue weighted by Crippen LogP contribution is 2.46. The first-order chi connectivity index (χ1) is 15.3. The summed E-state index contributed by atoms with van der Waals surface area (Å²) in [6, 6.07) is 33.3. The lowest BCUT2D eigenvalue weighted by atomic mass is 9.99. The minimum absolute atomic E-state index is 1.25. The molecule has 8 aromatic rings. The van der Waals surface area contributed by atoms with E-state index >= 15 is 0 Å². The van der Waals surface area contributed by atoms with Crippen LogP contribution >= 0.6 is 0 Å². The van der Waals surface area contributed by atoms with Gasteiger partial charge in [-0.05, 0) is 35.0 Å². The van der Waals surface area contributed by atoms with Crippen LogP contribution in [0.15, 0.2) is 91.0 Å². The van der Waals surface area contributed by atoms with Crippen LogP contribution in [0.25, 0.3) is 70.7 Å². The fourth-order valence-corrected chi connectivity index (χ4v) is 6.24. The largest absolute Gasteiger partial charge is 0.452 e. The minimum Gasteiger partial charge on any atom is -0.452 e. The summed E-state index contributed by atoms with van der Waals surface area (Å²) in [5.41, 5.74) is 6.41. The molecule has 0 N–H and O–H groups in total. The first-order valence-electron chi connectivity index (χ1n) is 10.6. The van der Waals surface area contributed by atoms with Crippen molar-refractivity contribution in [2.24, 2.45) is 0 Å². The molecule has 2 radical (unpaired) electrons. The van der Waals surface area contributed by atoms with Crippen molar-refractivity contribution in [3.05, 3.63) is 91.0 Å². The number of para-hydroxylation sites is 2. The second kappa shape index (κ2) is 5.39. The van der Waals surface area contributed by atoms with E-state index in [1.807, 2.05) is 0 Å². The van der Waals surface area contributed by atoms with Crippen molar-refractivity contribution in [1.82, 2.24) is 7.95 Å². The van der Waals surface area contributed by atoms with Gasteiger partial charge in [0.25, 0.3) is 0 Å². The monoisotopic (exact) mass is 406 g/mol. The Bertz CT molecular complexity index is 2010. The lowest BCUT2D eigenvalue weighted by Crippen LogP contribution is -1.89. The smallest absolute Gasteiger partial charge is 0.318 e. The van der Waals surface area contributed by atoms with Crippen LogP contribution in [-0.2, 0) is 0 Å². The highest BCUT2D eigenvalue weighted by molar-refractivity contribution is 6.39. The van der Waals surface area contributed by atoms with Crippen LogP contribution in [0, 0.1) is 0 Å². The van der Waals surface area contributed by atoms with E-state index in [-0.39, 0.29) is 0 Å². The molecule has 31 heavy (non-hydrogen) atoms. The molecule has 2 nitrogen and oxygen atoms in total. The van der Waals surface area contributed by atoms with Crippen LogP contribution in [0.4, 0.5) is 0 Å². The van der Waals surface area contributed by atoms with Gasteiger partial charge in [-0.2, -0.15) is 0 Å². The summed E-state index contributed by atoms with van der Waals surface area (Å²) in [5.74, 6) is 0. The van der Waals surface area contributed by atoms with Crippen molar-refractivity contribution in [3.63, 3.8) is 0 Å². The molecule has 8 rings (SSSR count). The van der Waals surface area contributed by atoms with Crippen molar-refractivity contribution >= 4 is 87.2 Å². The molecule has 0 atom stereocenters. The number of aromatic nitrogens is 2. The third kappa shape index (κ3) is 1.78.